The summed E-state index contributed by atoms with van der Waals surface area (Å²) in [6, 6.07) is 1.94. The van der Waals surface area contributed by atoms with Crippen molar-refractivity contribution in [3.8, 4) is 0 Å². The Morgan fingerprint density at radius 3 is 3.27 bits per heavy atom. The second kappa shape index (κ2) is 4.13. The lowest BCUT2D eigenvalue weighted by atomic mass is 10.1. The van der Waals surface area contributed by atoms with E-state index >= 15 is 0 Å². The monoisotopic (exact) mass is 203 g/mol. The van der Waals surface area contributed by atoms with Crippen LogP contribution in [0.25, 0.3) is 10.9 Å². The SMILES string of the molecule is CC(=O)NCCc1c[nH]c2ccncc12. The number of carbonyl (C=O) groups is 1. The van der Waals surface area contributed by atoms with E-state index in [2.05, 4.69) is 15.3 Å². The summed E-state index contributed by atoms with van der Waals surface area (Å²) in [4.78, 5) is 18.0. The third-order valence-corrected chi connectivity index (χ3v) is 2.34. The van der Waals surface area contributed by atoms with Crippen molar-refractivity contribution < 1.29 is 4.79 Å². The standard InChI is InChI=1S/C11H13N3O/c1-8(15)13-5-2-9-6-14-11-3-4-12-7-10(9)11/h3-4,6-7,14H,2,5H2,1H3,(H,13,15). The molecule has 0 aromatic carbocycles. The zero-order valence-corrected chi connectivity index (χ0v) is 8.58. The molecule has 0 spiro atoms. The highest BCUT2D eigenvalue weighted by molar-refractivity contribution is 5.82. The lowest BCUT2D eigenvalue weighted by Gasteiger charge is -2.00. The van der Waals surface area contributed by atoms with Gasteiger partial charge in [0.1, 0.15) is 0 Å². The highest BCUT2D eigenvalue weighted by Crippen LogP contribution is 2.16. The van der Waals surface area contributed by atoms with Crippen molar-refractivity contribution in [3.63, 3.8) is 0 Å². The topological polar surface area (TPSA) is 57.8 Å². The summed E-state index contributed by atoms with van der Waals surface area (Å²) in [5.41, 5.74) is 2.27. The molecule has 4 heteroatoms. The van der Waals surface area contributed by atoms with Gasteiger partial charge < -0.3 is 10.3 Å². The van der Waals surface area contributed by atoms with Gasteiger partial charge in [0, 0.05) is 43.0 Å². The molecule has 0 aliphatic rings. The maximum Gasteiger partial charge on any atom is 0.216 e. The lowest BCUT2D eigenvalue weighted by molar-refractivity contribution is -0.118. The minimum Gasteiger partial charge on any atom is -0.361 e. The first-order valence-corrected chi connectivity index (χ1v) is 4.92. The predicted octanol–water partition coefficient (Wildman–Crippen LogP) is 1.24. The molecule has 0 atom stereocenters. The van der Waals surface area contributed by atoms with Crippen LogP contribution in [-0.2, 0) is 11.2 Å². The predicted molar refractivity (Wildman–Crippen MR) is 58.5 cm³/mol. The number of hydrogen-bond acceptors (Lipinski definition) is 2. The molecule has 15 heavy (non-hydrogen) atoms. The zero-order chi connectivity index (χ0) is 10.7. The van der Waals surface area contributed by atoms with Crippen LogP contribution >= 0.6 is 0 Å². The van der Waals surface area contributed by atoms with Crippen LogP contribution in [0.2, 0.25) is 0 Å². The van der Waals surface area contributed by atoms with Crippen LogP contribution in [0.4, 0.5) is 0 Å². The van der Waals surface area contributed by atoms with E-state index in [1.807, 2.05) is 18.5 Å². The Balaban J connectivity index is 2.11. The molecule has 0 bridgehead atoms. The molecule has 2 aromatic rings. The molecule has 0 unspecified atom stereocenters. The number of hydrogen-bond donors (Lipinski definition) is 2. The fraction of sp³-hybridized carbons (Fsp3) is 0.273. The number of amides is 1. The molecule has 0 saturated carbocycles. The van der Waals surface area contributed by atoms with Gasteiger partial charge in [-0.15, -0.1) is 0 Å². The minimum absolute atomic E-state index is 0.00738. The van der Waals surface area contributed by atoms with E-state index in [1.165, 1.54) is 12.5 Å². The maximum absolute atomic E-state index is 10.7. The largest absolute Gasteiger partial charge is 0.361 e. The molecule has 2 heterocycles. The number of aromatic nitrogens is 2. The summed E-state index contributed by atoms with van der Waals surface area (Å²) in [6.45, 7) is 2.19. The Kier molecular flexibility index (Phi) is 2.67. The first kappa shape index (κ1) is 9.71. The first-order chi connectivity index (χ1) is 7.27. The molecule has 0 aliphatic heterocycles. The third-order valence-electron chi connectivity index (χ3n) is 2.34. The van der Waals surface area contributed by atoms with Gasteiger partial charge in [-0.2, -0.15) is 0 Å². The van der Waals surface area contributed by atoms with E-state index in [4.69, 9.17) is 0 Å². The summed E-state index contributed by atoms with van der Waals surface area (Å²) in [7, 11) is 0. The van der Waals surface area contributed by atoms with Crippen molar-refractivity contribution in [2.45, 2.75) is 13.3 Å². The van der Waals surface area contributed by atoms with E-state index in [0.717, 1.165) is 17.3 Å². The summed E-state index contributed by atoms with van der Waals surface area (Å²) in [5, 5.41) is 3.90. The van der Waals surface area contributed by atoms with E-state index in [9.17, 15) is 4.79 Å². The average Bonchev–Trinajstić information content (AvgIpc) is 2.62. The number of H-pyrrole nitrogens is 1. The van der Waals surface area contributed by atoms with Gasteiger partial charge in [-0.1, -0.05) is 0 Å². The van der Waals surface area contributed by atoms with Gasteiger partial charge in [-0.3, -0.25) is 9.78 Å². The number of fused-ring (bicyclic) bond motifs is 1. The lowest BCUT2D eigenvalue weighted by Crippen LogP contribution is -2.22. The molecule has 2 rings (SSSR count). The fourth-order valence-electron chi connectivity index (χ4n) is 1.60. The number of rotatable bonds is 3. The van der Waals surface area contributed by atoms with Crippen molar-refractivity contribution in [2.24, 2.45) is 0 Å². The Morgan fingerprint density at radius 1 is 1.60 bits per heavy atom. The molecule has 2 aromatic heterocycles. The third kappa shape index (κ3) is 2.15. The average molecular weight is 203 g/mol. The van der Waals surface area contributed by atoms with Crippen molar-refractivity contribution in [2.75, 3.05) is 6.54 Å². The van der Waals surface area contributed by atoms with Gasteiger partial charge in [0.25, 0.3) is 0 Å². The molecule has 0 radical (unpaired) electrons. The molecule has 1 amide bonds. The summed E-state index contributed by atoms with van der Waals surface area (Å²) in [5.74, 6) is 0.00738. The van der Waals surface area contributed by atoms with Gasteiger partial charge >= 0.3 is 0 Å². The van der Waals surface area contributed by atoms with Gasteiger partial charge in [0.15, 0.2) is 0 Å². The first-order valence-electron chi connectivity index (χ1n) is 4.92. The summed E-state index contributed by atoms with van der Waals surface area (Å²) >= 11 is 0. The van der Waals surface area contributed by atoms with Crippen LogP contribution < -0.4 is 5.32 Å². The van der Waals surface area contributed by atoms with E-state index < -0.39 is 0 Å². The molecular weight excluding hydrogens is 190 g/mol. The van der Waals surface area contributed by atoms with Crippen LogP contribution in [0.5, 0.6) is 0 Å². The normalized spacial score (nSPS) is 10.5. The van der Waals surface area contributed by atoms with Crippen LogP contribution in [0.15, 0.2) is 24.7 Å². The molecule has 78 valence electrons. The second-order valence-electron chi connectivity index (χ2n) is 3.47. The van der Waals surface area contributed by atoms with Crippen LogP contribution in [0, 0.1) is 0 Å². The molecular formula is C11H13N3O. The molecule has 2 N–H and O–H groups in total. The molecule has 0 fully saturated rings. The zero-order valence-electron chi connectivity index (χ0n) is 8.58. The van der Waals surface area contributed by atoms with Crippen LogP contribution in [0.3, 0.4) is 0 Å². The molecule has 0 aliphatic carbocycles. The summed E-state index contributed by atoms with van der Waals surface area (Å²) in [6.07, 6.45) is 6.39. The number of nitrogens with one attached hydrogen (secondary N) is 2. The van der Waals surface area contributed by atoms with Gasteiger partial charge in [-0.05, 0) is 18.1 Å². The maximum atomic E-state index is 10.7. The Morgan fingerprint density at radius 2 is 2.47 bits per heavy atom. The molecule has 4 nitrogen and oxygen atoms in total. The second-order valence-corrected chi connectivity index (χ2v) is 3.47. The quantitative estimate of drug-likeness (QED) is 0.788. The minimum atomic E-state index is 0.00738. The van der Waals surface area contributed by atoms with E-state index in [1.54, 1.807) is 6.20 Å². The van der Waals surface area contributed by atoms with Crippen molar-refractivity contribution in [3.05, 3.63) is 30.2 Å². The molecule has 0 saturated heterocycles. The van der Waals surface area contributed by atoms with Crippen molar-refractivity contribution in [1.82, 2.24) is 15.3 Å². The van der Waals surface area contributed by atoms with Gasteiger partial charge in [0.2, 0.25) is 5.91 Å². The highest BCUT2D eigenvalue weighted by atomic mass is 16.1. The fourth-order valence-corrected chi connectivity index (χ4v) is 1.60. The smallest absolute Gasteiger partial charge is 0.216 e. The number of pyridine rings is 1. The van der Waals surface area contributed by atoms with Crippen LogP contribution in [0.1, 0.15) is 12.5 Å². The van der Waals surface area contributed by atoms with E-state index in [-0.39, 0.29) is 5.91 Å². The van der Waals surface area contributed by atoms with Crippen molar-refractivity contribution >= 4 is 16.8 Å². The highest BCUT2D eigenvalue weighted by Gasteiger charge is 2.02. The van der Waals surface area contributed by atoms with Crippen LogP contribution in [-0.4, -0.2) is 22.4 Å². The van der Waals surface area contributed by atoms with Gasteiger partial charge in [-0.25, -0.2) is 0 Å². The summed E-state index contributed by atoms with van der Waals surface area (Å²) < 4.78 is 0. The number of nitrogens with zero attached hydrogens (tertiary/aromatic N) is 1. The number of carbonyl (C=O) groups excluding carboxylic acids is 1. The van der Waals surface area contributed by atoms with Crippen molar-refractivity contribution in [1.29, 1.82) is 0 Å². The van der Waals surface area contributed by atoms with E-state index in [0.29, 0.717) is 6.54 Å². The van der Waals surface area contributed by atoms with Gasteiger partial charge in [0.05, 0.1) is 0 Å². The Bertz CT molecular complexity index is 475. The Hall–Kier alpha value is -1.84. The number of aromatic amines is 1. The Labute approximate surface area is 87.7 Å².